The number of aromatic nitrogens is 1. The number of piperidine rings is 1. The number of aliphatic hydroxyl groups excluding tert-OH is 1. The van der Waals surface area contributed by atoms with E-state index < -0.39 is 5.54 Å². The van der Waals surface area contributed by atoms with Gasteiger partial charge < -0.3 is 14.9 Å². The Balaban J connectivity index is 1.61. The number of aryl methyl sites for hydroxylation is 1. The third-order valence-electron chi connectivity index (χ3n) is 5.69. The number of aliphatic hydroxyl groups is 1. The number of likely N-dealkylation sites (tertiary alicyclic amines) is 2. The predicted octanol–water partition coefficient (Wildman–Crippen LogP) is 1.23. The van der Waals surface area contributed by atoms with Gasteiger partial charge in [-0.1, -0.05) is 6.07 Å². The third kappa shape index (κ3) is 3.54. The Morgan fingerprint density at radius 1 is 1.44 bits per heavy atom. The summed E-state index contributed by atoms with van der Waals surface area (Å²) in [5.74, 6) is 0.423. The molecule has 2 aliphatic rings. The molecule has 1 N–H and O–H groups in total. The lowest BCUT2D eigenvalue weighted by Gasteiger charge is -2.40. The molecule has 0 bridgehead atoms. The molecule has 3 rings (SSSR count). The highest BCUT2D eigenvalue weighted by atomic mass is 16.3. The van der Waals surface area contributed by atoms with E-state index in [-0.39, 0.29) is 30.4 Å². The highest BCUT2D eigenvalue weighted by Crippen LogP contribution is 2.42. The molecule has 2 aliphatic heterocycles. The molecule has 0 radical (unpaired) electrons. The van der Waals surface area contributed by atoms with E-state index in [1.807, 2.05) is 28.9 Å². The van der Waals surface area contributed by atoms with Gasteiger partial charge in [-0.25, -0.2) is 0 Å². The van der Waals surface area contributed by atoms with Gasteiger partial charge in [0.1, 0.15) is 0 Å². The van der Waals surface area contributed by atoms with Crippen molar-refractivity contribution < 1.29 is 14.7 Å². The van der Waals surface area contributed by atoms with Crippen molar-refractivity contribution in [3.8, 4) is 0 Å². The van der Waals surface area contributed by atoms with E-state index in [0.29, 0.717) is 25.9 Å². The summed E-state index contributed by atoms with van der Waals surface area (Å²) >= 11 is 0. The largest absolute Gasteiger partial charge is 0.394 e. The van der Waals surface area contributed by atoms with Gasteiger partial charge >= 0.3 is 0 Å². The molecule has 25 heavy (non-hydrogen) atoms. The lowest BCUT2D eigenvalue weighted by atomic mass is 9.89. The molecule has 2 saturated heterocycles. The number of nitrogens with zero attached hydrogens (tertiary/aromatic N) is 3. The van der Waals surface area contributed by atoms with Crippen LogP contribution in [0.5, 0.6) is 0 Å². The Kier molecular flexibility index (Phi) is 5.08. The van der Waals surface area contributed by atoms with Crippen LogP contribution >= 0.6 is 0 Å². The van der Waals surface area contributed by atoms with Crippen molar-refractivity contribution in [2.45, 2.75) is 51.1 Å². The SMILES string of the molecule is CC(=O)N1[C@H]2CCN(C(=O)CCc3cccnc3)C[C@@H]2C[C@]1(C)CO. The number of fused-ring (bicyclic) bond motifs is 1. The minimum absolute atomic E-state index is 0.0143. The van der Waals surface area contributed by atoms with E-state index >= 15 is 0 Å². The van der Waals surface area contributed by atoms with Crippen molar-refractivity contribution in [3.63, 3.8) is 0 Å². The van der Waals surface area contributed by atoms with Crippen LogP contribution in [0.15, 0.2) is 24.5 Å². The topological polar surface area (TPSA) is 73.7 Å². The number of pyridine rings is 1. The summed E-state index contributed by atoms with van der Waals surface area (Å²) in [4.78, 5) is 32.5. The van der Waals surface area contributed by atoms with Crippen molar-refractivity contribution in [1.82, 2.24) is 14.8 Å². The second-order valence-electron chi connectivity index (χ2n) is 7.57. The highest BCUT2D eigenvalue weighted by molar-refractivity contribution is 5.77. The van der Waals surface area contributed by atoms with Crippen LogP contribution in [0.4, 0.5) is 0 Å². The first-order valence-electron chi connectivity index (χ1n) is 9.02. The summed E-state index contributed by atoms with van der Waals surface area (Å²) in [5.41, 5.74) is 0.567. The Labute approximate surface area is 148 Å². The van der Waals surface area contributed by atoms with Gasteiger partial charge in [-0.05, 0) is 43.7 Å². The fourth-order valence-corrected chi connectivity index (χ4v) is 4.56. The van der Waals surface area contributed by atoms with Gasteiger partial charge in [0.05, 0.1) is 12.1 Å². The Morgan fingerprint density at radius 2 is 2.24 bits per heavy atom. The van der Waals surface area contributed by atoms with Crippen LogP contribution in [0.3, 0.4) is 0 Å². The van der Waals surface area contributed by atoms with Crippen molar-refractivity contribution in [3.05, 3.63) is 30.1 Å². The van der Waals surface area contributed by atoms with E-state index in [1.54, 1.807) is 19.3 Å². The van der Waals surface area contributed by atoms with E-state index in [1.165, 1.54) is 0 Å². The van der Waals surface area contributed by atoms with Crippen molar-refractivity contribution in [2.75, 3.05) is 19.7 Å². The molecule has 0 unspecified atom stereocenters. The van der Waals surface area contributed by atoms with Crippen LogP contribution in [-0.4, -0.2) is 63.0 Å². The second kappa shape index (κ2) is 7.12. The maximum absolute atomic E-state index is 12.6. The first kappa shape index (κ1) is 17.9. The number of rotatable bonds is 4. The van der Waals surface area contributed by atoms with Crippen LogP contribution < -0.4 is 0 Å². The second-order valence-corrected chi connectivity index (χ2v) is 7.57. The summed E-state index contributed by atoms with van der Waals surface area (Å²) in [5, 5.41) is 9.80. The minimum atomic E-state index is -0.504. The van der Waals surface area contributed by atoms with Gasteiger partial charge in [0.2, 0.25) is 11.8 Å². The molecule has 0 aliphatic carbocycles. The molecule has 0 spiro atoms. The van der Waals surface area contributed by atoms with Crippen LogP contribution in [0, 0.1) is 5.92 Å². The van der Waals surface area contributed by atoms with E-state index in [2.05, 4.69) is 4.98 Å². The molecule has 3 atom stereocenters. The smallest absolute Gasteiger partial charge is 0.222 e. The zero-order valence-electron chi connectivity index (χ0n) is 15.0. The molecular weight excluding hydrogens is 318 g/mol. The number of hydrogen-bond acceptors (Lipinski definition) is 4. The number of carbonyl (C=O) groups excluding carboxylic acids is 2. The molecule has 2 amide bonds. The van der Waals surface area contributed by atoms with Crippen LogP contribution in [0.1, 0.15) is 38.7 Å². The van der Waals surface area contributed by atoms with Crippen LogP contribution in [-0.2, 0) is 16.0 Å². The molecule has 1 aromatic rings. The predicted molar refractivity (Wildman–Crippen MR) is 93.7 cm³/mol. The maximum atomic E-state index is 12.6. The summed E-state index contributed by atoms with van der Waals surface area (Å²) in [6.45, 7) is 4.84. The average Bonchev–Trinajstić information content (AvgIpc) is 2.92. The first-order chi connectivity index (χ1) is 11.9. The van der Waals surface area contributed by atoms with Gasteiger partial charge in [-0.15, -0.1) is 0 Å². The third-order valence-corrected chi connectivity index (χ3v) is 5.69. The summed E-state index contributed by atoms with van der Waals surface area (Å²) in [7, 11) is 0. The van der Waals surface area contributed by atoms with Gasteiger partial charge in [0.15, 0.2) is 0 Å². The lowest BCUT2D eigenvalue weighted by molar-refractivity contribution is -0.138. The van der Waals surface area contributed by atoms with E-state index in [4.69, 9.17) is 0 Å². The summed E-state index contributed by atoms with van der Waals surface area (Å²) in [6.07, 6.45) is 6.25. The van der Waals surface area contributed by atoms with Crippen LogP contribution in [0.25, 0.3) is 0 Å². The van der Waals surface area contributed by atoms with Gasteiger partial charge in [-0.3, -0.25) is 14.6 Å². The fraction of sp³-hybridized carbons (Fsp3) is 0.632. The number of carbonyl (C=O) groups is 2. The Hall–Kier alpha value is -1.95. The molecule has 6 nitrogen and oxygen atoms in total. The van der Waals surface area contributed by atoms with E-state index in [9.17, 15) is 14.7 Å². The zero-order valence-corrected chi connectivity index (χ0v) is 15.0. The average molecular weight is 345 g/mol. The first-order valence-corrected chi connectivity index (χ1v) is 9.02. The molecule has 0 saturated carbocycles. The van der Waals surface area contributed by atoms with Crippen molar-refractivity contribution in [1.29, 1.82) is 0 Å². The lowest BCUT2D eigenvalue weighted by Crippen LogP contribution is -2.53. The quantitative estimate of drug-likeness (QED) is 0.891. The molecular formula is C19H27N3O3. The Morgan fingerprint density at radius 3 is 2.88 bits per heavy atom. The van der Waals surface area contributed by atoms with Gasteiger partial charge in [0, 0.05) is 44.9 Å². The maximum Gasteiger partial charge on any atom is 0.222 e. The molecule has 1 aromatic heterocycles. The molecule has 0 aromatic carbocycles. The normalized spacial score (nSPS) is 28.8. The number of hydrogen-bond donors (Lipinski definition) is 1. The monoisotopic (exact) mass is 345 g/mol. The highest BCUT2D eigenvalue weighted by Gasteiger charge is 2.51. The standard InChI is InChI=1S/C19H27N3O3/c1-14(24)22-17-7-9-21(12-16(17)10-19(22,2)13-23)18(25)6-5-15-4-3-8-20-11-15/h3-4,8,11,16-17,23H,5-7,9-10,12-13H2,1-2H3/t16-,17-,19+/m0/s1. The Bertz CT molecular complexity index is 636. The molecule has 6 heteroatoms. The van der Waals surface area contributed by atoms with Crippen molar-refractivity contribution in [2.24, 2.45) is 5.92 Å². The molecule has 136 valence electrons. The van der Waals surface area contributed by atoms with Gasteiger partial charge in [-0.2, -0.15) is 0 Å². The molecule has 3 heterocycles. The zero-order chi connectivity index (χ0) is 18.0. The van der Waals surface area contributed by atoms with Gasteiger partial charge in [0.25, 0.3) is 0 Å². The van der Waals surface area contributed by atoms with Crippen LogP contribution in [0.2, 0.25) is 0 Å². The fourth-order valence-electron chi connectivity index (χ4n) is 4.56. The molecule has 2 fully saturated rings. The summed E-state index contributed by atoms with van der Waals surface area (Å²) in [6, 6.07) is 4.01. The summed E-state index contributed by atoms with van der Waals surface area (Å²) < 4.78 is 0. The van der Waals surface area contributed by atoms with Crippen molar-refractivity contribution >= 4 is 11.8 Å². The van der Waals surface area contributed by atoms with E-state index in [0.717, 1.165) is 18.4 Å². The number of amides is 2. The minimum Gasteiger partial charge on any atom is -0.394 e.